The molecule has 0 saturated carbocycles. The van der Waals surface area contributed by atoms with Gasteiger partial charge in [-0.05, 0) is 20.8 Å². The van der Waals surface area contributed by atoms with Gasteiger partial charge in [0.2, 0.25) is 0 Å². The Kier molecular flexibility index (Phi) is 3.96. The molecule has 0 N–H and O–H groups in total. The molecule has 0 atom stereocenters. The normalized spacial score (nSPS) is 12.0. The summed E-state index contributed by atoms with van der Waals surface area (Å²) in [4.78, 5) is 4.13. The van der Waals surface area contributed by atoms with E-state index in [9.17, 15) is 0 Å². The number of hydrogen-bond donors (Lipinski definition) is 0. The van der Waals surface area contributed by atoms with E-state index in [0.29, 0.717) is 12.5 Å². The number of imidazole rings is 1. The van der Waals surface area contributed by atoms with Crippen molar-refractivity contribution in [2.24, 2.45) is 0 Å². The molecule has 0 aliphatic rings. The molecule has 1 heterocycles. The van der Waals surface area contributed by atoms with Gasteiger partial charge in [-0.2, -0.15) is 0 Å². The van der Waals surface area contributed by atoms with Crippen molar-refractivity contribution < 1.29 is 4.74 Å². The van der Waals surface area contributed by atoms with E-state index in [1.54, 1.807) is 6.20 Å². The minimum absolute atomic E-state index is 0.0816. The largest absolute Gasteiger partial charge is 0.374 e. The molecule has 0 fully saturated rings. The zero-order chi connectivity index (χ0) is 10.6. The van der Waals surface area contributed by atoms with Crippen LogP contribution in [0.4, 0.5) is 0 Å². The summed E-state index contributed by atoms with van der Waals surface area (Å²) in [7, 11) is 0. The van der Waals surface area contributed by atoms with Gasteiger partial charge in [-0.1, -0.05) is 0 Å². The Morgan fingerprint density at radius 2 is 2.21 bits per heavy atom. The van der Waals surface area contributed by atoms with Crippen molar-refractivity contribution >= 4 is 11.6 Å². The van der Waals surface area contributed by atoms with E-state index in [4.69, 9.17) is 16.3 Å². The quantitative estimate of drug-likeness (QED) is 0.723. The molecular formula is C10H17ClN2O. The van der Waals surface area contributed by atoms with Crippen molar-refractivity contribution in [1.82, 2.24) is 9.55 Å². The Morgan fingerprint density at radius 1 is 1.50 bits per heavy atom. The summed E-state index contributed by atoms with van der Waals surface area (Å²) in [5, 5.41) is 0. The Labute approximate surface area is 90.0 Å². The van der Waals surface area contributed by atoms with Crippen LogP contribution >= 0.6 is 11.6 Å². The molecule has 80 valence electrons. The molecule has 1 rings (SSSR count). The molecule has 0 aliphatic heterocycles. The first-order valence-corrected chi connectivity index (χ1v) is 5.26. The maximum Gasteiger partial charge on any atom is 0.123 e. The van der Waals surface area contributed by atoms with Gasteiger partial charge in [-0.3, -0.25) is 0 Å². The fraction of sp³-hybridized carbons (Fsp3) is 0.700. The van der Waals surface area contributed by atoms with E-state index in [2.05, 4.69) is 4.98 Å². The van der Waals surface area contributed by atoms with Crippen LogP contribution in [-0.2, 0) is 17.2 Å². The summed E-state index contributed by atoms with van der Waals surface area (Å²) in [6.45, 7) is 7.62. The van der Waals surface area contributed by atoms with Gasteiger partial charge in [-0.25, -0.2) is 4.98 Å². The number of alkyl halides is 1. The predicted octanol–water partition coefficient (Wildman–Crippen LogP) is 2.44. The molecule has 1 aromatic rings. The predicted molar refractivity (Wildman–Crippen MR) is 57.5 cm³/mol. The first-order chi connectivity index (χ1) is 6.53. The van der Waals surface area contributed by atoms with Gasteiger partial charge in [-0.15, -0.1) is 11.6 Å². The van der Waals surface area contributed by atoms with Crippen LogP contribution in [0.25, 0.3) is 0 Å². The smallest absolute Gasteiger partial charge is 0.123 e. The second-order valence-electron chi connectivity index (χ2n) is 4.13. The van der Waals surface area contributed by atoms with E-state index in [-0.39, 0.29) is 5.60 Å². The lowest BCUT2D eigenvalue weighted by Crippen LogP contribution is -2.22. The van der Waals surface area contributed by atoms with E-state index < -0.39 is 0 Å². The van der Waals surface area contributed by atoms with Crippen LogP contribution in [0.1, 0.15) is 26.6 Å². The Balaban J connectivity index is 2.38. The number of ether oxygens (including phenoxy) is 1. The lowest BCUT2D eigenvalue weighted by Gasteiger charge is -2.19. The summed E-state index contributed by atoms with van der Waals surface area (Å²) in [6.07, 6.45) is 3.68. The topological polar surface area (TPSA) is 27.1 Å². The lowest BCUT2D eigenvalue weighted by molar-refractivity contribution is -0.00702. The molecule has 0 spiro atoms. The molecule has 3 nitrogen and oxygen atoms in total. The summed E-state index contributed by atoms with van der Waals surface area (Å²) < 4.78 is 7.62. The van der Waals surface area contributed by atoms with E-state index in [1.807, 2.05) is 31.5 Å². The molecule has 0 aromatic carbocycles. The van der Waals surface area contributed by atoms with Gasteiger partial charge in [0.1, 0.15) is 5.82 Å². The highest BCUT2D eigenvalue weighted by molar-refractivity contribution is 6.16. The number of hydrogen-bond acceptors (Lipinski definition) is 2. The minimum atomic E-state index is -0.0816. The zero-order valence-corrected chi connectivity index (χ0v) is 9.71. The maximum absolute atomic E-state index is 5.72. The molecule has 0 aliphatic carbocycles. The van der Waals surface area contributed by atoms with Crippen LogP contribution in [0.5, 0.6) is 0 Å². The molecule has 0 bridgehead atoms. The van der Waals surface area contributed by atoms with Gasteiger partial charge in [0.25, 0.3) is 0 Å². The molecule has 0 unspecified atom stereocenters. The fourth-order valence-corrected chi connectivity index (χ4v) is 1.35. The highest BCUT2D eigenvalue weighted by atomic mass is 35.5. The zero-order valence-electron chi connectivity index (χ0n) is 8.96. The highest BCUT2D eigenvalue weighted by Crippen LogP contribution is 2.07. The maximum atomic E-state index is 5.72. The molecule has 0 saturated heterocycles. The number of halogens is 1. The third-order valence-corrected chi connectivity index (χ3v) is 2.03. The fourth-order valence-electron chi connectivity index (χ4n) is 1.13. The van der Waals surface area contributed by atoms with Crippen LogP contribution in [0.15, 0.2) is 12.4 Å². The molecule has 14 heavy (non-hydrogen) atoms. The van der Waals surface area contributed by atoms with Crippen LogP contribution in [0.2, 0.25) is 0 Å². The second-order valence-corrected chi connectivity index (χ2v) is 4.40. The van der Waals surface area contributed by atoms with Gasteiger partial charge < -0.3 is 9.30 Å². The van der Waals surface area contributed by atoms with Crippen molar-refractivity contribution in [3.8, 4) is 0 Å². The standard InChI is InChI=1S/C10H17ClN2O/c1-10(2,3)14-7-6-13-5-4-12-9(13)8-11/h4-5H,6-8H2,1-3H3. The second kappa shape index (κ2) is 4.80. The van der Waals surface area contributed by atoms with E-state index in [1.165, 1.54) is 0 Å². The summed E-state index contributed by atoms with van der Waals surface area (Å²) in [6, 6.07) is 0. The van der Waals surface area contributed by atoms with Gasteiger partial charge in [0.05, 0.1) is 18.1 Å². The summed E-state index contributed by atoms with van der Waals surface area (Å²) in [5.74, 6) is 1.34. The van der Waals surface area contributed by atoms with E-state index in [0.717, 1.165) is 12.4 Å². The first kappa shape index (κ1) is 11.5. The molecule has 0 radical (unpaired) electrons. The lowest BCUT2D eigenvalue weighted by atomic mass is 10.2. The molecule has 4 heteroatoms. The average Bonchev–Trinajstić information content (AvgIpc) is 2.49. The average molecular weight is 217 g/mol. The van der Waals surface area contributed by atoms with Crippen LogP contribution in [-0.4, -0.2) is 21.8 Å². The number of nitrogens with zero attached hydrogens (tertiary/aromatic N) is 2. The minimum Gasteiger partial charge on any atom is -0.374 e. The van der Waals surface area contributed by atoms with Gasteiger partial charge in [0.15, 0.2) is 0 Å². The molecular weight excluding hydrogens is 200 g/mol. The number of aromatic nitrogens is 2. The van der Waals surface area contributed by atoms with Crippen molar-refractivity contribution in [2.75, 3.05) is 6.61 Å². The Morgan fingerprint density at radius 3 is 2.79 bits per heavy atom. The Hall–Kier alpha value is -0.540. The van der Waals surface area contributed by atoms with Crippen molar-refractivity contribution in [1.29, 1.82) is 0 Å². The summed E-state index contributed by atoms with van der Waals surface area (Å²) >= 11 is 5.72. The third-order valence-electron chi connectivity index (χ3n) is 1.79. The Bertz CT molecular complexity index is 278. The van der Waals surface area contributed by atoms with Gasteiger partial charge in [0, 0.05) is 18.9 Å². The number of rotatable bonds is 4. The molecule has 0 amide bonds. The van der Waals surface area contributed by atoms with Crippen molar-refractivity contribution in [2.45, 2.75) is 38.8 Å². The first-order valence-electron chi connectivity index (χ1n) is 4.73. The van der Waals surface area contributed by atoms with Gasteiger partial charge >= 0.3 is 0 Å². The van der Waals surface area contributed by atoms with Crippen molar-refractivity contribution in [3.63, 3.8) is 0 Å². The molecule has 1 aromatic heterocycles. The third kappa shape index (κ3) is 3.68. The van der Waals surface area contributed by atoms with Crippen LogP contribution in [0.3, 0.4) is 0 Å². The van der Waals surface area contributed by atoms with Crippen LogP contribution < -0.4 is 0 Å². The monoisotopic (exact) mass is 216 g/mol. The van der Waals surface area contributed by atoms with Crippen LogP contribution in [0, 0.1) is 0 Å². The van der Waals surface area contributed by atoms with E-state index >= 15 is 0 Å². The summed E-state index contributed by atoms with van der Waals surface area (Å²) in [5.41, 5.74) is -0.0816. The van der Waals surface area contributed by atoms with Crippen molar-refractivity contribution in [3.05, 3.63) is 18.2 Å². The highest BCUT2D eigenvalue weighted by Gasteiger charge is 2.09. The SMILES string of the molecule is CC(C)(C)OCCn1ccnc1CCl.